The number of carbonyl (C=O) groups excluding carboxylic acids is 1. The first kappa shape index (κ1) is 15.7. The molecule has 0 spiro atoms. The number of hydrogen-bond acceptors (Lipinski definition) is 5. The third-order valence-electron chi connectivity index (χ3n) is 2.39. The Morgan fingerprint density at radius 2 is 2.19 bits per heavy atom. The molecule has 2 aromatic rings. The third-order valence-corrected chi connectivity index (χ3v) is 4.00. The number of carbonyl (C=O) groups is 1. The zero-order valence-electron chi connectivity index (χ0n) is 10.8. The van der Waals surface area contributed by atoms with Crippen LogP contribution < -0.4 is 10.6 Å². The summed E-state index contributed by atoms with van der Waals surface area (Å²) in [5.41, 5.74) is 1.09. The lowest BCUT2D eigenvalue weighted by molar-refractivity contribution is -0.138. The summed E-state index contributed by atoms with van der Waals surface area (Å²) in [6.45, 7) is 1.80. The highest BCUT2D eigenvalue weighted by molar-refractivity contribution is 7.15. The largest absolute Gasteiger partial charge is 0.445 e. The highest BCUT2D eigenvalue weighted by atomic mass is 32.1. The molecule has 21 heavy (non-hydrogen) atoms. The standard InChI is InChI=1S/C11H11F3N4OS2/c1-6(4-7-2-3-20-5-7)15-9(19)16-10-18-17-8(21-10)11(12,13)14/h2-3,5-6H,4H2,1H3,(H2,15,16,18,19)/t6-/m1/s1. The number of halogens is 3. The molecule has 1 atom stereocenters. The first-order valence-corrected chi connectivity index (χ1v) is 7.60. The number of amides is 2. The van der Waals surface area contributed by atoms with Crippen LogP contribution in [0.3, 0.4) is 0 Å². The molecule has 2 N–H and O–H groups in total. The van der Waals surface area contributed by atoms with Crippen molar-refractivity contribution >= 4 is 33.8 Å². The van der Waals surface area contributed by atoms with Gasteiger partial charge in [-0.3, -0.25) is 5.32 Å². The fourth-order valence-electron chi connectivity index (χ4n) is 1.56. The Balaban J connectivity index is 1.85. The molecule has 0 aliphatic carbocycles. The van der Waals surface area contributed by atoms with Gasteiger partial charge in [0.05, 0.1) is 0 Å². The molecule has 0 saturated carbocycles. The fraction of sp³-hybridized carbons (Fsp3) is 0.364. The molecular formula is C11H11F3N4OS2. The molecule has 0 aromatic carbocycles. The first-order chi connectivity index (χ1) is 9.84. The maximum absolute atomic E-state index is 12.3. The Labute approximate surface area is 126 Å². The average Bonchev–Trinajstić information content (AvgIpc) is 2.98. The van der Waals surface area contributed by atoms with Crippen molar-refractivity contribution < 1.29 is 18.0 Å². The molecule has 2 amide bonds. The quantitative estimate of drug-likeness (QED) is 0.899. The predicted molar refractivity (Wildman–Crippen MR) is 74.6 cm³/mol. The van der Waals surface area contributed by atoms with Gasteiger partial charge >= 0.3 is 12.2 Å². The monoisotopic (exact) mass is 336 g/mol. The van der Waals surface area contributed by atoms with E-state index in [4.69, 9.17) is 0 Å². The fourth-order valence-corrected chi connectivity index (χ4v) is 2.85. The molecule has 2 aromatic heterocycles. The molecule has 2 heterocycles. The minimum Gasteiger partial charge on any atom is -0.335 e. The van der Waals surface area contributed by atoms with Crippen molar-refractivity contribution in [2.75, 3.05) is 5.32 Å². The summed E-state index contributed by atoms with van der Waals surface area (Å²) in [6, 6.07) is 1.18. The van der Waals surface area contributed by atoms with E-state index >= 15 is 0 Å². The van der Waals surface area contributed by atoms with Crippen molar-refractivity contribution in [1.82, 2.24) is 15.5 Å². The summed E-state index contributed by atoms with van der Waals surface area (Å²) in [5, 5.41) is 13.8. The number of thiophene rings is 1. The van der Waals surface area contributed by atoms with Crippen LogP contribution in [0.1, 0.15) is 17.5 Å². The van der Waals surface area contributed by atoms with Crippen molar-refractivity contribution in [1.29, 1.82) is 0 Å². The van der Waals surface area contributed by atoms with Crippen LogP contribution in [-0.4, -0.2) is 22.3 Å². The van der Waals surface area contributed by atoms with Crippen molar-refractivity contribution in [3.05, 3.63) is 27.4 Å². The van der Waals surface area contributed by atoms with Gasteiger partial charge in [-0.05, 0) is 35.7 Å². The SMILES string of the molecule is C[C@H](Cc1ccsc1)NC(=O)Nc1nnc(C(F)(F)F)s1. The van der Waals surface area contributed by atoms with Crippen LogP contribution in [0.15, 0.2) is 16.8 Å². The number of nitrogens with zero attached hydrogens (tertiary/aromatic N) is 2. The number of urea groups is 1. The van der Waals surface area contributed by atoms with Gasteiger partial charge in [-0.1, -0.05) is 11.3 Å². The Morgan fingerprint density at radius 3 is 2.76 bits per heavy atom. The van der Waals surface area contributed by atoms with Crippen molar-refractivity contribution in [2.24, 2.45) is 0 Å². The van der Waals surface area contributed by atoms with Gasteiger partial charge < -0.3 is 5.32 Å². The predicted octanol–water partition coefficient (Wildman–Crippen LogP) is 3.37. The van der Waals surface area contributed by atoms with Gasteiger partial charge in [0.25, 0.3) is 0 Å². The van der Waals surface area contributed by atoms with E-state index in [9.17, 15) is 18.0 Å². The van der Waals surface area contributed by atoms with Crippen LogP contribution in [0.25, 0.3) is 0 Å². The molecule has 10 heteroatoms. The molecule has 0 saturated heterocycles. The number of anilines is 1. The van der Waals surface area contributed by atoms with E-state index in [2.05, 4.69) is 20.8 Å². The molecule has 0 aliphatic rings. The zero-order valence-corrected chi connectivity index (χ0v) is 12.4. The molecule has 0 fully saturated rings. The molecule has 0 bridgehead atoms. The maximum atomic E-state index is 12.3. The summed E-state index contributed by atoms with van der Waals surface area (Å²) in [5.74, 6) is 0. The summed E-state index contributed by atoms with van der Waals surface area (Å²) < 4.78 is 37.0. The van der Waals surface area contributed by atoms with E-state index in [0.717, 1.165) is 5.56 Å². The second-order valence-electron chi connectivity index (χ2n) is 4.25. The van der Waals surface area contributed by atoms with Gasteiger partial charge in [0.2, 0.25) is 10.1 Å². The number of hydrogen-bond donors (Lipinski definition) is 2. The van der Waals surface area contributed by atoms with Crippen molar-refractivity contribution in [3.8, 4) is 0 Å². The number of alkyl halides is 3. The van der Waals surface area contributed by atoms with E-state index in [0.29, 0.717) is 6.42 Å². The maximum Gasteiger partial charge on any atom is 0.445 e. The molecule has 114 valence electrons. The first-order valence-electron chi connectivity index (χ1n) is 5.84. The zero-order chi connectivity index (χ0) is 15.5. The number of nitrogens with one attached hydrogen (secondary N) is 2. The van der Waals surface area contributed by atoms with Gasteiger partial charge in [-0.2, -0.15) is 24.5 Å². The van der Waals surface area contributed by atoms with E-state index in [1.54, 1.807) is 18.3 Å². The summed E-state index contributed by atoms with van der Waals surface area (Å²) >= 11 is 1.84. The molecule has 0 radical (unpaired) electrons. The van der Waals surface area contributed by atoms with Crippen molar-refractivity contribution in [2.45, 2.75) is 25.6 Å². The Bertz CT molecular complexity index is 597. The minimum atomic E-state index is -4.56. The van der Waals surface area contributed by atoms with E-state index in [1.807, 2.05) is 16.8 Å². The van der Waals surface area contributed by atoms with Crippen LogP contribution in [0.5, 0.6) is 0 Å². The molecule has 0 unspecified atom stereocenters. The lowest BCUT2D eigenvalue weighted by Gasteiger charge is -2.12. The molecule has 0 aliphatic heterocycles. The summed E-state index contributed by atoms with van der Waals surface area (Å²) in [4.78, 5) is 11.6. The Hall–Kier alpha value is -1.68. The van der Waals surface area contributed by atoms with Gasteiger partial charge in [-0.15, -0.1) is 10.2 Å². The van der Waals surface area contributed by atoms with Gasteiger partial charge in [0.1, 0.15) is 0 Å². The molecular weight excluding hydrogens is 325 g/mol. The summed E-state index contributed by atoms with van der Waals surface area (Å²) in [7, 11) is 0. The minimum absolute atomic E-state index is 0.158. The lowest BCUT2D eigenvalue weighted by Crippen LogP contribution is -2.37. The van der Waals surface area contributed by atoms with Crippen molar-refractivity contribution in [3.63, 3.8) is 0 Å². The van der Waals surface area contributed by atoms with Crippen LogP contribution in [-0.2, 0) is 12.6 Å². The normalized spacial score (nSPS) is 13.0. The van der Waals surface area contributed by atoms with Gasteiger partial charge in [0, 0.05) is 6.04 Å². The van der Waals surface area contributed by atoms with Crippen LogP contribution in [0, 0.1) is 0 Å². The number of aromatic nitrogens is 2. The highest BCUT2D eigenvalue weighted by Crippen LogP contribution is 2.32. The Morgan fingerprint density at radius 1 is 1.43 bits per heavy atom. The topological polar surface area (TPSA) is 66.9 Å². The lowest BCUT2D eigenvalue weighted by atomic mass is 10.1. The molecule has 2 rings (SSSR count). The molecule has 5 nitrogen and oxygen atoms in total. The van der Waals surface area contributed by atoms with Crippen LogP contribution >= 0.6 is 22.7 Å². The summed E-state index contributed by atoms with van der Waals surface area (Å²) in [6.07, 6.45) is -3.92. The third kappa shape index (κ3) is 4.67. The van der Waals surface area contributed by atoms with Gasteiger partial charge in [-0.25, -0.2) is 4.79 Å². The van der Waals surface area contributed by atoms with E-state index in [1.165, 1.54) is 0 Å². The smallest absolute Gasteiger partial charge is 0.335 e. The van der Waals surface area contributed by atoms with Gasteiger partial charge in [0.15, 0.2) is 0 Å². The van der Waals surface area contributed by atoms with Crippen LogP contribution in [0.2, 0.25) is 0 Å². The second kappa shape index (κ2) is 6.39. The average molecular weight is 336 g/mol. The highest BCUT2D eigenvalue weighted by Gasteiger charge is 2.35. The second-order valence-corrected chi connectivity index (χ2v) is 6.00. The number of rotatable bonds is 4. The van der Waals surface area contributed by atoms with Crippen LogP contribution in [0.4, 0.5) is 23.1 Å². The van der Waals surface area contributed by atoms with E-state index in [-0.39, 0.29) is 22.5 Å². The Kier molecular flexibility index (Phi) is 4.78. The van der Waals surface area contributed by atoms with E-state index < -0.39 is 17.2 Å².